The Morgan fingerprint density at radius 3 is 2.00 bits per heavy atom. The molecular weight excluding hydrogens is 264 g/mol. The Morgan fingerprint density at radius 2 is 1.48 bits per heavy atom. The second-order valence-corrected chi connectivity index (χ2v) is 5.33. The number of methoxy groups -OCH3 is 2. The predicted octanol–water partition coefficient (Wildman–Crippen LogP) is 3.91. The molecule has 0 aromatic heterocycles. The summed E-state index contributed by atoms with van der Waals surface area (Å²) in [6.45, 7) is 4.30. The lowest BCUT2D eigenvalue weighted by molar-refractivity contribution is 0.214. The van der Waals surface area contributed by atoms with Crippen molar-refractivity contribution in [2.24, 2.45) is 0 Å². The minimum absolute atomic E-state index is 0.475. The van der Waals surface area contributed by atoms with Crippen molar-refractivity contribution >= 4 is 0 Å². The Balaban J connectivity index is 2.36. The molecule has 2 rings (SSSR count). The molecule has 1 atom stereocenters. The first-order chi connectivity index (χ1) is 10.1. The molecule has 0 saturated carbocycles. The Kier molecular flexibility index (Phi) is 4.86. The Morgan fingerprint density at radius 1 is 0.857 bits per heavy atom. The molecule has 0 aliphatic rings. The molecule has 1 N–H and O–H groups in total. The highest BCUT2D eigenvalue weighted by molar-refractivity contribution is 5.45. The van der Waals surface area contributed by atoms with E-state index in [0.29, 0.717) is 23.0 Å². The van der Waals surface area contributed by atoms with E-state index in [1.807, 2.05) is 18.2 Å². The van der Waals surface area contributed by atoms with Crippen molar-refractivity contribution in [3.8, 4) is 11.5 Å². The summed E-state index contributed by atoms with van der Waals surface area (Å²) in [5.41, 5.74) is 2.80. The van der Waals surface area contributed by atoms with E-state index < -0.39 is 6.10 Å². The summed E-state index contributed by atoms with van der Waals surface area (Å²) in [5, 5.41) is 10.6. The largest absolute Gasteiger partial charge is 0.497 e. The first kappa shape index (κ1) is 15.4. The van der Waals surface area contributed by atoms with Crippen LogP contribution in [0.3, 0.4) is 0 Å². The molecule has 2 aromatic carbocycles. The van der Waals surface area contributed by atoms with Gasteiger partial charge in [0.05, 0.1) is 14.2 Å². The number of hydrogen-bond acceptors (Lipinski definition) is 3. The average molecular weight is 286 g/mol. The molecule has 112 valence electrons. The van der Waals surface area contributed by atoms with Crippen LogP contribution in [0.2, 0.25) is 0 Å². The lowest BCUT2D eigenvalue weighted by Crippen LogP contribution is -2.03. The molecule has 21 heavy (non-hydrogen) atoms. The third-order valence-electron chi connectivity index (χ3n) is 3.65. The van der Waals surface area contributed by atoms with Gasteiger partial charge in [0.1, 0.15) is 17.6 Å². The van der Waals surface area contributed by atoms with E-state index in [9.17, 15) is 5.11 Å². The monoisotopic (exact) mass is 286 g/mol. The predicted molar refractivity (Wildman–Crippen MR) is 84.1 cm³/mol. The fourth-order valence-corrected chi connectivity index (χ4v) is 2.30. The minimum Gasteiger partial charge on any atom is -0.497 e. The van der Waals surface area contributed by atoms with Crippen LogP contribution in [0.4, 0.5) is 0 Å². The molecule has 3 heteroatoms. The van der Waals surface area contributed by atoms with Crippen LogP contribution in [0, 0.1) is 0 Å². The molecule has 0 bridgehead atoms. The summed E-state index contributed by atoms with van der Waals surface area (Å²) in [6.07, 6.45) is -0.740. The van der Waals surface area contributed by atoms with E-state index in [2.05, 4.69) is 26.0 Å². The molecule has 3 nitrogen and oxygen atoms in total. The number of rotatable bonds is 5. The number of aliphatic hydroxyl groups is 1. The lowest BCUT2D eigenvalue weighted by atomic mass is 9.96. The quantitative estimate of drug-likeness (QED) is 0.905. The van der Waals surface area contributed by atoms with Crippen molar-refractivity contribution in [2.75, 3.05) is 14.2 Å². The molecule has 2 aromatic rings. The smallest absolute Gasteiger partial charge is 0.125 e. The highest BCUT2D eigenvalue weighted by Gasteiger charge is 2.16. The van der Waals surface area contributed by atoms with Crippen LogP contribution < -0.4 is 9.47 Å². The zero-order valence-electron chi connectivity index (χ0n) is 13.0. The number of hydrogen-bond donors (Lipinski definition) is 1. The van der Waals surface area contributed by atoms with E-state index >= 15 is 0 Å². The van der Waals surface area contributed by atoms with Gasteiger partial charge in [0.15, 0.2) is 0 Å². The van der Waals surface area contributed by atoms with E-state index in [4.69, 9.17) is 9.47 Å². The molecule has 0 fully saturated rings. The van der Waals surface area contributed by atoms with Gasteiger partial charge in [-0.3, -0.25) is 0 Å². The van der Waals surface area contributed by atoms with Crippen molar-refractivity contribution in [1.82, 2.24) is 0 Å². The van der Waals surface area contributed by atoms with Crippen LogP contribution in [0.5, 0.6) is 11.5 Å². The maximum Gasteiger partial charge on any atom is 0.125 e. The maximum atomic E-state index is 10.6. The second kappa shape index (κ2) is 6.64. The highest BCUT2D eigenvalue weighted by Crippen LogP contribution is 2.33. The normalized spacial score (nSPS) is 12.3. The van der Waals surface area contributed by atoms with Gasteiger partial charge in [-0.1, -0.05) is 38.1 Å². The van der Waals surface area contributed by atoms with Crippen LogP contribution in [-0.4, -0.2) is 19.3 Å². The molecule has 0 aliphatic heterocycles. The molecule has 0 heterocycles. The van der Waals surface area contributed by atoms with Crippen molar-refractivity contribution < 1.29 is 14.6 Å². The fraction of sp³-hybridized carbons (Fsp3) is 0.333. The number of ether oxygens (including phenoxy) is 2. The van der Waals surface area contributed by atoms with E-state index in [0.717, 1.165) is 5.56 Å². The van der Waals surface area contributed by atoms with Gasteiger partial charge in [-0.25, -0.2) is 0 Å². The topological polar surface area (TPSA) is 38.7 Å². The van der Waals surface area contributed by atoms with Crippen LogP contribution in [-0.2, 0) is 0 Å². The van der Waals surface area contributed by atoms with Crippen molar-refractivity contribution in [3.63, 3.8) is 0 Å². The van der Waals surface area contributed by atoms with Crippen molar-refractivity contribution in [2.45, 2.75) is 25.9 Å². The molecule has 0 saturated heterocycles. The van der Waals surface area contributed by atoms with Crippen LogP contribution in [0.25, 0.3) is 0 Å². The van der Waals surface area contributed by atoms with Crippen molar-refractivity contribution in [3.05, 3.63) is 59.2 Å². The molecule has 0 aliphatic carbocycles. The van der Waals surface area contributed by atoms with Gasteiger partial charge < -0.3 is 14.6 Å². The first-order valence-corrected chi connectivity index (χ1v) is 7.06. The first-order valence-electron chi connectivity index (χ1n) is 7.06. The summed E-state index contributed by atoms with van der Waals surface area (Å²) in [5.74, 6) is 1.82. The number of benzene rings is 2. The standard InChI is InChI=1S/C18H22O3/c1-12(2)13-5-7-14(8-6-13)18(19)16-11-15(20-3)9-10-17(16)21-4/h5-12,18-19H,1-4H3. The Bertz CT molecular complexity index is 588. The molecule has 0 amide bonds. The van der Waals surface area contributed by atoms with E-state index in [1.54, 1.807) is 26.4 Å². The summed E-state index contributed by atoms with van der Waals surface area (Å²) in [4.78, 5) is 0. The molecular formula is C18H22O3. The van der Waals surface area contributed by atoms with Crippen molar-refractivity contribution in [1.29, 1.82) is 0 Å². The van der Waals surface area contributed by atoms with Gasteiger partial charge in [-0.15, -0.1) is 0 Å². The lowest BCUT2D eigenvalue weighted by Gasteiger charge is -2.17. The zero-order valence-corrected chi connectivity index (χ0v) is 13.0. The SMILES string of the molecule is COc1ccc(OC)c(C(O)c2ccc(C(C)C)cc2)c1. The summed E-state index contributed by atoms with van der Waals surface area (Å²) in [6, 6.07) is 13.4. The molecule has 0 radical (unpaired) electrons. The van der Waals surface area contributed by atoms with Crippen LogP contribution >= 0.6 is 0 Å². The number of aliphatic hydroxyl groups excluding tert-OH is 1. The zero-order chi connectivity index (χ0) is 15.4. The molecule has 1 unspecified atom stereocenters. The van der Waals surface area contributed by atoms with Gasteiger partial charge in [-0.2, -0.15) is 0 Å². The van der Waals surface area contributed by atoms with Gasteiger partial charge in [0.2, 0.25) is 0 Å². The second-order valence-electron chi connectivity index (χ2n) is 5.33. The summed E-state index contributed by atoms with van der Waals surface area (Å²) in [7, 11) is 3.20. The molecule has 0 spiro atoms. The third kappa shape index (κ3) is 3.37. The van der Waals surface area contributed by atoms with Gasteiger partial charge >= 0.3 is 0 Å². The highest BCUT2D eigenvalue weighted by atomic mass is 16.5. The van der Waals surface area contributed by atoms with E-state index in [-0.39, 0.29) is 0 Å². The van der Waals surface area contributed by atoms with Crippen LogP contribution in [0.15, 0.2) is 42.5 Å². The van der Waals surface area contributed by atoms with E-state index in [1.165, 1.54) is 5.56 Å². The van der Waals surface area contributed by atoms with Gasteiger partial charge in [-0.05, 0) is 35.2 Å². The third-order valence-corrected chi connectivity index (χ3v) is 3.65. The Labute approximate surface area is 126 Å². The fourth-order valence-electron chi connectivity index (χ4n) is 2.30. The summed E-state index contributed by atoms with van der Waals surface area (Å²) < 4.78 is 10.6. The maximum absolute atomic E-state index is 10.6. The summed E-state index contributed by atoms with van der Waals surface area (Å²) >= 11 is 0. The van der Waals surface area contributed by atoms with Crippen LogP contribution in [0.1, 0.15) is 42.6 Å². The average Bonchev–Trinajstić information content (AvgIpc) is 2.53. The minimum atomic E-state index is -0.740. The Hall–Kier alpha value is -2.00. The van der Waals surface area contributed by atoms with Gasteiger partial charge in [0.25, 0.3) is 0 Å². The van der Waals surface area contributed by atoms with Gasteiger partial charge in [0, 0.05) is 5.56 Å².